The normalized spacial score (nSPS) is 29.0. The Morgan fingerprint density at radius 2 is 1.69 bits per heavy atom. The number of aldehydes is 1. The maximum atomic E-state index is 13.0. The molecule has 0 atom stereocenters. The first-order valence-corrected chi connectivity index (χ1v) is 13.5. The molecule has 1 aliphatic heterocycles. The van der Waals surface area contributed by atoms with Gasteiger partial charge in [-0.15, -0.1) is 0 Å². The summed E-state index contributed by atoms with van der Waals surface area (Å²) in [4.78, 5) is 26.0. The number of ether oxygens (including phenoxy) is 1. The lowest BCUT2D eigenvalue weighted by Gasteiger charge is -2.37. The Labute approximate surface area is 199 Å². The van der Waals surface area contributed by atoms with Crippen LogP contribution < -0.4 is 4.74 Å². The van der Waals surface area contributed by atoms with Crippen LogP contribution in [0.4, 0.5) is 0 Å². The lowest BCUT2D eigenvalue weighted by molar-refractivity contribution is -0.140. The van der Waals surface area contributed by atoms with Crippen LogP contribution in [0.2, 0.25) is 0 Å². The maximum Gasteiger partial charge on any atom is 0.314 e. The molecule has 2 aliphatic carbocycles. The molecule has 1 aromatic carbocycles. The molecule has 4 rings (SSSR count). The molecule has 2 fully saturated rings. The predicted molar refractivity (Wildman–Crippen MR) is 128 cm³/mol. The summed E-state index contributed by atoms with van der Waals surface area (Å²) in [7, 11) is 0. The lowest BCUT2D eigenvalue weighted by Crippen LogP contribution is -2.30. The fourth-order valence-corrected chi connectivity index (χ4v) is 8.05. The summed E-state index contributed by atoms with van der Waals surface area (Å²) in [6.45, 7) is 4.30. The molecular formula is C26H31NO3S2. The van der Waals surface area contributed by atoms with Gasteiger partial charge in [0.1, 0.15) is 17.4 Å². The van der Waals surface area contributed by atoms with Crippen LogP contribution in [0.25, 0.3) is 0 Å². The van der Waals surface area contributed by atoms with Gasteiger partial charge in [-0.1, -0.05) is 55.8 Å². The summed E-state index contributed by atoms with van der Waals surface area (Å²) in [6.07, 6.45) is 11.5. The number of benzene rings is 1. The molecule has 2 saturated carbocycles. The quantitative estimate of drug-likeness (QED) is 0.151. The summed E-state index contributed by atoms with van der Waals surface area (Å²) in [6, 6.07) is 5.74. The van der Waals surface area contributed by atoms with Crippen molar-refractivity contribution in [3.05, 3.63) is 27.5 Å². The summed E-state index contributed by atoms with van der Waals surface area (Å²) in [5.74, 6) is 2.92. The van der Waals surface area contributed by atoms with E-state index in [0.29, 0.717) is 16.3 Å². The average molecular weight is 470 g/mol. The van der Waals surface area contributed by atoms with Gasteiger partial charge in [-0.2, -0.15) is 5.26 Å². The number of nitrogens with zero attached hydrogens (tertiary/aromatic N) is 1. The van der Waals surface area contributed by atoms with Gasteiger partial charge in [0.25, 0.3) is 0 Å². The van der Waals surface area contributed by atoms with Gasteiger partial charge < -0.3 is 4.74 Å². The van der Waals surface area contributed by atoms with Crippen LogP contribution in [0.1, 0.15) is 70.3 Å². The molecule has 0 saturated heterocycles. The number of allylic oxidation sites excluding steroid dienone is 1. The van der Waals surface area contributed by atoms with Crippen molar-refractivity contribution in [2.24, 2.45) is 23.7 Å². The zero-order chi connectivity index (χ0) is 22.7. The molecule has 0 N–H and O–H groups in total. The van der Waals surface area contributed by atoms with Gasteiger partial charge in [0.2, 0.25) is 0 Å². The molecule has 0 spiro atoms. The molecule has 0 unspecified atom stereocenters. The zero-order valence-electron chi connectivity index (χ0n) is 18.9. The number of rotatable bonds is 5. The van der Waals surface area contributed by atoms with Crippen molar-refractivity contribution in [2.75, 3.05) is 0 Å². The number of esters is 1. The Morgan fingerprint density at radius 3 is 2.28 bits per heavy atom. The summed E-state index contributed by atoms with van der Waals surface area (Å²) in [5, 5.41) is 9.21. The number of fused-ring (bicyclic) bond motifs is 1. The van der Waals surface area contributed by atoms with Crippen molar-refractivity contribution in [2.45, 2.75) is 81.4 Å². The minimum Gasteiger partial charge on any atom is -0.425 e. The molecular weight excluding hydrogens is 438 g/mol. The number of carbonyl (C=O) groups is 2. The first kappa shape index (κ1) is 23.4. The van der Waals surface area contributed by atoms with Gasteiger partial charge in [0.15, 0.2) is 6.29 Å². The highest BCUT2D eigenvalue weighted by molar-refractivity contribution is 8.24. The molecule has 3 aliphatic rings. The molecule has 32 heavy (non-hydrogen) atoms. The van der Waals surface area contributed by atoms with E-state index in [1.807, 2.05) is 25.1 Å². The predicted octanol–water partition coefficient (Wildman–Crippen LogP) is 7.06. The lowest BCUT2D eigenvalue weighted by atomic mass is 9.69. The van der Waals surface area contributed by atoms with Gasteiger partial charge in [0, 0.05) is 4.90 Å². The first-order chi connectivity index (χ1) is 15.5. The fourth-order valence-electron chi connectivity index (χ4n) is 5.47. The van der Waals surface area contributed by atoms with Crippen molar-refractivity contribution in [1.82, 2.24) is 0 Å². The molecule has 1 heterocycles. The van der Waals surface area contributed by atoms with Crippen LogP contribution >= 0.6 is 23.5 Å². The van der Waals surface area contributed by atoms with Crippen LogP contribution in [-0.4, -0.2) is 12.3 Å². The fraction of sp³-hybridized carbons (Fsp3) is 0.577. The van der Waals surface area contributed by atoms with Crippen molar-refractivity contribution in [3.8, 4) is 11.8 Å². The minimum absolute atomic E-state index is 0.0334. The number of hydrogen-bond acceptors (Lipinski definition) is 6. The van der Waals surface area contributed by atoms with Crippen molar-refractivity contribution >= 4 is 35.8 Å². The number of nitriles is 1. The standard InChI is InChI=1S/C26H31NO3S2/c1-3-17-5-7-18(8-6-17)19-9-11-20(12-10-19)25(29)30-22-13-4-16(2)23-24(22)32-26(31-23)21(14-27)15-28/h4,13,15,17-20H,3,5-12H2,1-2H3/b26-21-. The van der Waals surface area contributed by atoms with Gasteiger partial charge in [0.05, 0.1) is 15.1 Å². The Hall–Kier alpha value is -1.71. The van der Waals surface area contributed by atoms with Gasteiger partial charge in [-0.3, -0.25) is 9.59 Å². The van der Waals surface area contributed by atoms with Gasteiger partial charge in [-0.05, 0) is 74.8 Å². The van der Waals surface area contributed by atoms with Crippen molar-refractivity contribution < 1.29 is 14.3 Å². The highest BCUT2D eigenvalue weighted by atomic mass is 32.2. The van der Waals surface area contributed by atoms with Gasteiger partial charge in [-0.25, -0.2) is 0 Å². The molecule has 170 valence electrons. The van der Waals surface area contributed by atoms with Crippen LogP contribution in [0.3, 0.4) is 0 Å². The maximum absolute atomic E-state index is 13.0. The second kappa shape index (κ2) is 10.5. The number of thioether (sulfide) groups is 2. The Morgan fingerprint density at radius 1 is 1.06 bits per heavy atom. The third kappa shape index (κ3) is 4.94. The summed E-state index contributed by atoms with van der Waals surface area (Å²) >= 11 is 2.77. The van der Waals surface area contributed by atoms with Crippen LogP contribution in [0.15, 0.2) is 31.7 Å². The third-order valence-corrected chi connectivity index (χ3v) is 10.4. The Kier molecular flexibility index (Phi) is 7.68. The minimum atomic E-state index is -0.136. The Bertz CT molecular complexity index is 949. The van der Waals surface area contributed by atoms with E-state index in [4.69, 9.17) is 4.74 Å². The SMILES string of the molecule is CCC1CCC(C2CCC(C(=O)Oc3ccc(C)c4c3S/C(=C(/C#N)C=O)S4)CC2)CC1. The smallest absolute Gasteiger partial charge is 0.314 e. The average Bonchev–Trinajstić information content (AvgIpc) is 3.28. The molecule has 0 bridgehead atoms. The first-order valence-electron chi connectivity index (χ1n) is 11.8. The molecule has 6 heteroatoms. The number of hydrogen-bond donors (Lipinski definition) is 0. The largest absolute Gasteiger partial charge is 0.425 e. The van der Waals surface area contributed by atoms with Crippen molar-refractivity contribution in [3.63, 3.8) is 0 Å². The highest BCUT2D eigenvalue weighted by Crippen LogP contribution is 2.56. The molecule has 1 aromatic rings. The van der Waals surface area contributed by atoms with Gasteiger partial charge >= 0.3 is 5.97 Å². The van der Waals surface area contributed by atoms with E-state index in [2.05, 4.69) is 6.92 Å². The van der Waals surface area contributed by atoms with E-state index in [9.17, 15) is 14.9 Å². The number of aryl methyl sites for hydroxylation is 1. The monoisotopic (exact) mass is 469 g/mol. The topological polar surface area (TPSA) is 67.2 Å². The molecule has 4 nitrogen and oxygen atoms in total. The number of carbonyl (C=O) groups excluding carboxylic acids is 2. The van der Waals surface area contributed by atoms with Crippen LogP contribution in [0, 0.1) is 41.9 Å². The van der Waals surface area contributed by atoms with Crippen molar-refractivity contribution in [1.29, 1.82) is 5.26 Å². The van der Waals surface area contributed by atoms with Crippen LogP contribution in [0.5, 0.6) is 5.75 Å². The van der Waals surface area contributed by atoms with E-state index in [0.717, 1.165) is 58.8 Å². The zero-order valence-corrected chi connectivity index (χ0v) is 20.5. The van der Waals surface area contributed by atoms with E-state index in [1.54, 1.807) is 0 Å². The summed E-state index contributed by atoms with van der Waals surface area (Å²) < 4.78 is 6.54. The molecule has 0 amide bonds. The molecule has 0 aromatic heterocycles. The van der Waals surface area contributed by atoms with E-state index >= 15 is 0 Å². The van der Waals surface area contributed by atoms with Crippen LogP contribution in [-0.2, 0) is 9.59 Å². The second-order valence-corrected chi connectivity index (χ2v) is 11.7. The Balaban J connectivity index is 1.37. The third-order valence-electron chi connectivity index (χ3n) is 7.57. The highest BCUT2D eigenvalue weighted by Gasteiger charge is 2.34. The molecule has 0 radical (unpaired) electrons. The van der Waals surface area contributed by atoms with E-state index in [-0.39, 0.29) is 17.5 Å². The second-order valence-electron chi connectivity index (χ2n) is 9.40. The van der Waals surface area contributed by atoms with E-state index in [1.165, 1.54) is 55.6 Å². The van der Waals surface area contributed by atoms with E-state index < -0.39 is 0 Å². The summed E-state index contributed by atoms with van der Waals surface area (Å²) in [5.41, 5.74) is 1.17.